The number of hydrogen-bond donors (Lipinski definition) is 1. The Labute approximate surface area is 144 Å². The van der Waals surface area contributed by atoms with Crippen LogP contribution in [0.4, 0.5) is 5.69 Å². The van der Waals surface area contributed by atoms with E-state index in [0.29, 0.717) is 17.1 Å². The summed E-state index contributed by atoms with van der Waals surface area (Å²) in [6, 6.07) is 5.64. The Kier molecular flexibility index (Phi) is 6.89. The van der Waals surface area contributed by atoms with Crippen molar-refractivity contribution >= 4 is 33.2 Å². The van der Waals surface area contributed by atoms with Crippen molar-refractivity contribution in [2.75, 3.05) is 10.6 Å². The number of carbonyl (C=O) groups excluding carboxylic acids is 1. The number of amides is 1. The van der Waals surface area contributed by atoms with Crippen LogP contribution in [0.25, 0.3) is 0 Å². The highest BCUT2D eigenvalue weighted by atomic mass is 35.5. The largest absolute Gasteiger partial charge is 0.352 e. The van der Waals surface area contributed by atoms with Crippen molar-refractivity contribution in [2.24, 2.45) is 5.92 Å². The molecule has 0 saturated carbocycles. The maximum Gasteiger partial charge on any atom is 0.244 e. The van der Waals surface area contributed by atoms with E-state index in [4.69, 9.17) is 11.6 Å². The van der Waals surface area contributed by atoms with Crippen LogP contribution in [-0.4, -0.2) is 32.7 Å². The molecule has 1 aromatic carbocycles. The van der Waals surface area contributed by atoms with E-state index in [1.54, 1.807) is 31.2 Å². The van der Waals surface area contributed by atoms with Crippen LogP contribution in [0, 0.1) is 5.92 Å². The van der Waals surface area contributed by atoms with Crippen molar-refractivity contribution in [1.29, 1.82) is 0 Å². The van der Waals surface area contributed by atoms with E-state index in [2.05, 4.69) is 5.32 Å². The molecule has 1 aromatic rings. The number of benzene rings is 1. The molecular weight excluding hydrogens is 336 g/mol. The molecule has 0 saturated heterocycles. The van der Waals surface area contributed by atoms with Gasteiger partial charge in [0.1, 0.15) is 6.04 Å². The molecule has 5 nitrogen and oxygen atoms in total. The first-order valence-electron chi connectivity index (χ1n) is 7.63. The lowest BCUT2D eigenvalue weighted by molar-refractivity contribution is -0.123. The Hall–Kier alpha value is -1.27. The lowest BCUT2D eigenvalue weighted by atomic mass is 10.1. The summed E-state index contributed by atoms with van der Waals surface area (Å²) in [5, 5.41) is 3.31. The summed E-state index contributed by atoms with van der Waals surface area (Å²) < 4.78 is 25.7. The summed E-state index contributed by atoms with van der Waals surface area (Å²) in [4.78, 5) is 12.6. The van der Waals surface area contributed by atoms with Crippen LogP contribution in [-0.2, 0) is 14.8 Å². The molecule has 0 aromatic heterocycles. The number of carbonyl (C=O) groups is 1. The summed E-state index contributed by atoms with van der Waals surface area (Å²) in [6.45, 7) is 7.68. The van der Waals surface area contributed by atoms with E-state index in [9.17, 15) is 13.2 Å². The summed E-state index contributed by atoms with van der Waals surface area (Å²) >= 11 is 5.97. The Balaban J connectivity index is 3.21. The zero-order valence-electron chi connectivity index (χ0n) is 14.2. The minimum Gasteiger partial charge on any atom is -0.352 e. The van der Waals surface area contributed by atoms with Crippen LogP contribution in [0.5, 0.6) is 0 Å². The molecule has 0 spiro atoms. The second-order valence-corrected chi connectivity index (χ2v) is 8.30. The normalized spacial score (nSPS) is 14.4. The van der Waals surface area contributed by atoms with Crippen molar-refractivity contribution in [2.45, 2.75) is 46.2 Å². The lowest BCUT2D eigenvalue weighted by Gasteiger charge is -2.31. The summed E-state index contributed by atoms with van der Waals surface area (Å²) in [6.07, 6.45) is 1.45. The van der Waals surface area contributed by atoms with Gasteiger partial charge in [-0.05, 0) is 37.5 Å². The first-order chi connectivity index (χ1) is 10.6. The third-order valence-corrected chi connectivity index (χ3v) is 5.18. The van der Waals surface area contributed by atoms with E-state index in [1.807, 2.05) is 20.8 Å². The molecule has 0 unspecified atom stereocenters. The van der Waals surface area contributed by atoms with E-state index in [-0.39, 0.29) is 17.9 Å². The highest BCUT2D eigenvalue weighted by Crippen LogP contribution is 2.25. The lowest BCUT2D eigenvalue weighted by Crippen LogP contribution is -2.51. The molecule has 0 aliphatic heterocycles. The number of rotatable bonds is 7. The first-order valence-corrected chi connectivity index (χ1v) is 9.85. The predicted molar refractivity (Wildman–Crippen MR) is 95.3 cm³/mol. The van der Waals surface area contributed by atoms with E-state index >= 15 is 0 Å². The zero-order chi connectivity index (χ0) is 17.8. The molecule has 1 amide bonds. The van der Waals surface area contributed by atoms with E-state index in [1.165, 1.54) is 0 Å². The predicted octanol–water partition coefficient (Wildman–Crippen LogP) is 3.05. The van der Waals surface area contributed by atoms with Crippen LogP contribution >= 0.6 is 11.6 Å². The summed E-state index contributed by atoms with van der Waals surface area (Å²) in [5.74, 6) is -0.0478. The molecule has 0 heterocycles. The van der Waals surface area contributed by atoms with Crippen molar-refractivity contribution in [3.05, 3.63) is 29.3 Å². The second-order valence-electron chi connectivity index (χ2n) is 6.00. The molecule has 1 N–H and O–H groups in total. The van der Waals surface area contributed by atoms with Gasteiger partial charge in [0.2, 0.25) is 15.9 Å². The van der Waals surface area contributed by atoms with Crippen LogP contribution in [0.3, 0.4) is 0 Å². The van der Waals surface area contributed by atoms with Gasteiger partial charge in [0.25, 0.3) is 0 Å². The maximum absolute atomic E-state index is 12.6. The van der Waals surface area contributed by atoms with Crippen molar-refractivity contribution < 1.29 is 13.2 Å². The molecule has 7 heteroatoms. The van der Waals surface area contributed by atoms with Gasteiger partial charge >= 0.3 is 0 Å². The molecule has 2 atom stereocenters. The van der Waals surface area contributed by atoms with Gasteiger partial charge in [0.15, 0.2) is 0 Å². The van der Waals surface area contributed by atoms with Crippen molar-refractivity contribution in [3.63, 3.8) is 0 Å². The number of nitrogens with zero attached hydrogens (tertiary/aromatic N) is 1. The fraction of sp³-hybridized carbons (Fsp3) is 0.562. The van der Waals surface area contributed by atoms with Crippen LogP contribution < -0.4 is 9.62 Å². The third kappa shape index (κ3) is 5.39. The summed E-state index contributed by atoms with van der Waals surface area (Å²) in [5.41, 5.74) is 0.388. The van der Waals surface area contributed by atoms with Gasteiger partial charge in [-0.25, -0.2) is 8.42 Å². The molecule has 0 aliphatic rings. The monoisotopic (exact) mass is 360 g/mol. The molecule has 1 rings (SSSR count). The number of anilines is 1. The fourth-order valence-electron chi connectivity index (χ4n) is 2.16. The Morgan fingerprint density at radius 3 is 2.35 bits per heavy atom. The van der Waals surface area contributed by atoms with Gasteiger partial charge in [-0.2, -0.15) is 0 Å². The van der Waals surface area contributed by atoms with Gasteiger partial charge in [0, 0.05) is 11.1 Å². The smallest absolute Gasteiger partial charge is 0.244 e. The minimum absolute atomic E-state index is 0.0441. The average molecular weight is 361 g/mol. The molecule has 0 bridgehead atoms. The van der Waals surface area contributed by atoms with Gasteiger partial charge < -0.3 is 5.32 Å². The molecular formula is C16H25ClN2O3S. The first kappa shape index (κ1) is 19.8. The highest BCUT2D eigenvalue weighted by molar-refractivity contribution is 7.92. The van der Waals surface area contributed by atoms with Crippen molar-refractivity contribution in [1.82, 2.24) is 5.32 Å². The number of sulfonamides is 1. The Morgan fingerprint density at radius 2 is 1.91 bits per heavy atom. The van der Waals surface area contributed by atoms with Crippen LogP contribution in [0.1, 0.15) is 34.1 Å². The SMILES string of the molecule is CC[C@H](C(=O)N[C@H](C)C(C)C)N(c1cccc(Cl)c1)S(C)(=O)=O. The van der Waals surface area contributed by atoms with Gasteiger partial charge in [-0.1, -0.05) is 38.4 Å². The van der Waals surface area contributed by atoms with Gasteiger partial charge in [0.05, 0.1) is 11.9 Å². The molecule has 23 heavy (non-hydrogen) atoms. The molecule has 130 valence electrons. The average Bonchev–Trinajstić information content (AvgIpc) is 2.42. The topological polar surface area (TPSA) is 66.5 Å². The zero-order valence-corrected chi connectivity index (χ0v) is 15.8. The third-order valence-electron chi connectivity index (χ3n) is 3.76. The highest BCUT2D eigenvalue weighted by Gasteiger charge is 2.32. The van der Waals surface area contributed by atoms with Crippen LogP contribution in [0.2, 0.25) is 5.02 Å². The fourth-order valence-corrected chi connectivity index (χ4v) is 3.55. The molecule has 0 aliphatic carbocycles. The number of hydrogen-bond acceptors (Lipinski definition) is 3. The summed E-state index contributed by atoms with van der Waals surface area (Å²) in [7, 11) is -3.63. The number of halogens is 1. The second kappa shape index (κ2) is 8.02. The Bertz CT molecular complexity index is 646. The minimum atomic E-state index is -3.63. The Morgan fingerprint density at radius 1 is 1.30 bits per heavy atom. The standard InChI is InChI=1S/C16H25ClN2O3S/c1-6-15(16(20)18-12(4)11(2)3)19(23(5,21)22)14-9-7-8-13(17)10-14/h7-12,15H,6H2,1-5H3,(H,18,20)/t12-,15-/m1/s1. The quantitative estimate of drug-likeness (QED) is 0.812. The van der Waals surface area contributed by atoms with Crippen molar-refractivity contribution in [3.8, 4) is 0 Å². The van der Waals surface area contributed by atoms with Crippen LogP contribution in [0.15, 0.2) is 24.3 Å². The van der Waals surface area contributed by atoms with Gasteiger partial charge in [-0.15, -0.1) is 0 Å². The molecule has 0 radical (unpaired) electrons. The number of nitrogens with one attached hydrogen (secondary N) is 1. The van der Waals surface area contributed by atoms with Gasteiger partial charge in [-0.3, -0.25) is 9.10 Å². The maximum atomic E-state index is 12.6. The van der Waals surface area contributed by atoms with E-state index in [0.717, 1.165) is 10.6 Å². The van der Waals surface area contributed by atoms with E-state index < -0.39 is 16.1 Å². The molecule has 0 fully saturated rings.